The molecule has 4 atom stereocenters. The quantitative estimate of drug-likeness (QED) is 0.144. The van der Waals surface area contributed by atoms with Crippen molar-refractivity contribution >= 4 is 23.7 Å². The Bertz CT molecular complexity index is 1510. The van der Waals surface area contributed by atoms with Crippen LogP contribution in [-0.4, -0.2) is 110 Å². The van der Waals surface area contributed by atoms with Crippen LogP contribution >= 0.6 is 0 Å². The van der Waals surface area contributed by atoms with Crippen molar-refractivity contribution in [3.8, 4) is 5.75 Å². The second kappa shape index (κ2) is 9.52. The van der Waals surface area contributed by atoms with E-state index < -0.39 is 41.4 Å². The molecule has 1 unspecified atom stereocenters. The fraction of sp³-hybridized carbons (Fsp3) is 0.481. The van der Waals surface area contributed by atoms with Gasteiger partial charge in [-0.05, 0) is 24.0 Å². The summed E-state index contributed by atoms with van der Waals surface area (Å²) in [6.45, 7) is 4.61. The number of likely N-dealkylation sites (N-methyl/N-ethyl adjacent to an activating group) is 1. The molecule has 1 spiro atoms. The molecule has 222 valence electrons. The monoisotopic (exact) mass is 579 g/mol. The van der Waals surface area contributed by atoms with Crippen LogP contribution in [0.2, 0.25) is 0 Å². The zero-order valence-electron chi connectivity index (χ0n) is 23.5. The molecule has 5 heterocycles. The Hall–Kier alpha value is -4.50. The van der Waals surface area contributed by atoms with Crippen LogP contribution in [0.1, 0.15) is 46.8 Å². The summed E-state index contributed by atoms with van der Waals surface area (Å²) in [4.78, 5) is 40.4. The Kier molecular flexibility index (Phi) is 6.27. The van der Waals surface area contributed by atoms with E-state index in [0.29, 0.717) is 17.9 Å². The van der Waals surface area contributed by atoms with Crippen molar-refractivity contribution < 1.29 is 29.1 Å². The first kappa shape index (κ1) is 27.7. The van der Waals surface area contributed by atoms with Gasteiger partial charge in [-0.3, -0.25) is 20.6 Å². The largest absolute Gasteiger partial charge is 0.492 e. The Labute approximate surface area is 241 Å². The number of hydrogen-bond acceptors (Lipinski definition) is 12. The molecule has 0 radical (unpaired) electrons. The summed E-state index contributed by atoms with van der Waals surface area (Å²) in [5.74, 6) is -3.04. The lowest BCUT2D eigenvalue weighted by Crippen LogP contribution is -2.79. The lowest BCUT2D eigenvalue weighted by Gasteiger charge is -2.44. The van der Waals surface area contributed by atoms with Gasteiger partial charge in [0.05, 0.1) is 25.3 Å². The lowest BCUT2D eigenvalue weighted by atomic mass is 9.79. The molecule has 4 aliphatic rings. The highest BCUT2D eigenvalue weighted by Gasteiger charge is 2.75. The van der Waals surface area contributed by atoms with Gasteiger partial charge in [-0.25, -0.2) is 19.5 Å². The summed E-state index contributed by atoms with van der Waals surface area (Å²) < 4.78 is 7.41. The van der Waals surface area contributed by atoms with Gasteiger partial charge in [0, 0.05) is 25.0 Å². The standard InChI is InChI=1S/C27H34N10O5/c1-25(2)8-11-42-18-14(6-4-7-15(18)25)21(38)33-17-13-37-24(29)32-16(12-36(3)22(39)20-30-9-5-10-31-20)19-26(37,27(17,40)41)35-23(28)34-19/h4-7,9-10,16-17,19,40-41H,8,11-13H2,1-3H3,(H6,28,29,32,33,34,35,38)/p+1/t16-,17?,19-,26-/m0/s1. The van der Waals surface area contributed by atoms with Crippen LogP contribution in [0.3, 0.4) is 0 Å². The Balaban J connectivity index is 1.29. The van der Waals surface area contributed by atoms with Gasteiger partial charge in [0.15, 0.2) is 5.96 Å². The van der Waals surface area contributed by atoms with Gasteiger partial charge in [-0.1, -0.05) is 26.0 Å². The molecular weight excluding hydrogens is 544 g/mol. The van der Waals surface area contributed by atoms with E-state index in [0.717, 1.165) is 12.0 Å². The molecule has 0 aliphatic carbocycles. The predicted molar refractivity (Wildman–Crippen MR) is 150 cm³/mol. The number of rotatable bonds is 5. The molecule has 1 fully saturated rings. The summed E-state index contributed by atoms with van der Waals surface area (Å²) in [5.41, 5.74) is 11.8. The van der Waals surface area contributed by atoms with E-state index in [9.17, 15) is 19.8 Å². The number of para-hydroxylation sites is 1. The van der Waals surface area contributed by atoms with Crippen molar-refractivity contribution in [2.75, 3.05) is 26.7 Å². The normalized spacial score (nSPS) is 28.2. The van der Waals surface area contributed by atoms with E-state index in [4.69, 9.17) is 16.2 Å². The van der Waals surface area contributed by atoms with Crippen LogP contribution in [0.25, 0.3) is 0 Å². The van der Waals surface area contributed by atoms with Crippen LogP contribution in [-0.2, 0) is 5.41 Å². The summed E-state index contributed by atoms with van der Waals surface area (Å²) in [5, 5.41) is 32.4. The molecule has 15 nitrogen and oxygen atoms in total. The van der Waals surface area contributed by atoms with Gasteiger partial charge in [0.2, 0.25) is 17.3 Å². The van der Waals surface area contributed by atoms with Gasteiger partial charge >= 0.3 is 5.96 Å². The van der Waals surface area contributed by atoms with E-state index in [2.05, 4.69) is 44.8 Å². The number of fused-ring (bicyclic) bond motifs is 1. The molecule has 6 rings (SSSR count). The Morgan fingerprint density at radius 3 is 2.69 bits per heavy atom. The number of benzene rings is 1. The minimum atomic E-state index is -2.61. The number of aromatic nitrogens is 2. The van der Waals surface area contributed by atoms with Crippen molar-refractivity contribution in [1.82, 2.24) is 30.8 Å². The topological polar surface area (TPSA) is 216 Å². The van der Waals surface area contributed by atoms with Crippen LogP contribution < -0.4 is 32.2 Å². The van der Waals surface area contributed by atoms with Crippen LogP contribution in [0.5, 0.6) is 5.75 Å². The number of aliphatic hydroxyl groups is 2. The highest BCUT2D eigenvalue weighted by atomic mass is 16.5. The van der Waals surface area contributed by atoms with Gasteiger partial charge in [0.25, 0.3) is 11.8 Å². The predicted octanol–water partition coefficient (Wildman–Crippen LogP) is -2.62. The second-order valence-electron chi connectivity index (χ2n) is 11.8. The Morgan fingerprint density at radius 2 is 1.95 bits per heavy atom. The maximum absolute atomic E-state index is 13.6. The van der Waals surface area contributed by atoms with Crippen LogP contribution in [0.4, 0.5) is 0 Å². The zero-order valence-corrected chi connectivity index (χ0v) is 23.5. The number of ether oxygens (including phenoxy) is 1. The van der Waals surface area contributed by atoms with Crippen LogP contribution in [0.15, 0.2) is 41.7 Å². The Morgan fingerprint density at radius 1 is 1.21 bits per heavy atom. The number of amides is 2. The molecule has 1 saturated heterocycles. The smallest absolute Gasteiger partial charge is 0.346 e. The minimum absolute atomic E-state index is 0.00874. The number of nitrogens with two attached hydrogens (primary N) is 2. The van der Waals surface area contributed by atoms with Crippen molar-refractivity contribution in [3.63, 3.8) is 0 Å². The van der Waals surface area contributed by atoms with Crippen molar-refractivity contribution in [3.05, 3.63) is 53.6 Å². The third kappa shape index (κ3) is 4.02. The molecule has 1 aromatic carbocycles. The highest BCUT2D eigenvalue weighted by Crippen LogP contribution is 2.43. The number of nitrogens with zero attached hydrogens (tertiary/aromatic N) is 5. The van der Waals surface area contributed by atoms with E-state index in [1.54, 1.807) is 25.2 Å². The molecule has 4 aliphatic heterocycles. The number of hydrogen-bond donors (Lipinski definition) is 7. The van der Waals surface area contributed by atoms with Crippen molar-refractivity contribution in [2.24, 2.45) is 16.5 Å². The maximum Gasteiger partial charge on any atom is 0.346 e. The molecule has 1 aromatic heterocycles. The number of carbonyl (C=O) groups is 2. The molecule has 0 bridgehead atoms. The third-order valence-electron chi connectivity index (χ3n) is 8.71. The summed E-state index contributed by atoms with van der Waals surface area (Å²) in [7, 11) is 1.57. The SMILES string of the molecule is CN(C[C@@H]1NC(N)=[N+]2CC(NC(=O)c3cccc4c3OCCC4(C)C)C(O)(O)[C@@]23NC(N)=N[C@@H]13)C(=O)c1ncccn1. The average Bonchev–Trinajstić information content (AvgIpc) is 3.42. The first-order valence-corrected chi connectivity index (χ1v) is 13.7. The fourth-order valence-electron chi connectivity index (χ4n) is 6.45. The highest BCUT2D eigenvalue weighted by molar-refractivity contribution is 5.98. The van der Waals surface area contributed by atoms with Crippen LogP contribution in [0, 0.1) is 0 Å². The zero-order chi connectivity index (χ0) is 30.0. The molecule has 2 amide bonds. The first-order chi connectivity index (χ1) is 19.9. The minimum Gasteiger partial charge on any atom is -0.492 e. The van der Waals surface area contributed by atoms with E-state index >= 15 is 0 Å². The fourth-order valence-corrected chi connectivity index (χ4v) is 6.45. The number of guanidine groups is 2. The number of aliphatic imine (C=N–C) groups is 1. The molecule has 42 heavy (non-hydrogen) atoms. The van der Waals surface area contributed by atoms with Gasteiger partial charge in [-0.15, -0.1) is 0 Å². The lowest BCUT2D eigenvalue weighted by molar-refractivity contribution is -0.623. The van der Waals surface area contributed by atoms with Gasteiger partial charge in [0.1, 0.15) is 23.9 Å². The van der Waals surface area contributed by atoms with E-state index in [1.165, 1.54) is 21.9 Å². The summed E-state index contributed by atoms with van der Waals surface area (Å²) >= 11 is 0. The molecule has 15 heteroatoms. The third-order valence-corrected chi connectivity index (χ3v) is 8.71. The van der Waals surface area contributed by atoms with Crippen molar-refractivity contribution in [1.29, 1.82) is 0 Å². The average molecular weight is 580 g/mol. The second-order valence-corrected chi connectivity index (χ2v) is 11.8. The van der Waals surface area contributed by atoms with Gasteiger partial charge in [-0.2, -0.15) is 0 Å². The van der Waals surface area contributed by atoms with Crippen molar-refractivity contribution in [2.45, 2.75) is 55.3 Å². The van der Waals surface area contributed by atoms with E-state index in [-0.39, 0.29) is 36.2 Å². The van der Waals surface area contributed by atoms with E-state index in [1.807, 2.05) is 6.07 Å². The number of carbonyl (C=O) groups excluding carboxylic acids is 2. The maximum atomic E-state index is 13.6. The summed E-state index contributed by atoms with van der Waals surface area (Å²) in [6, 6.07) is 4.12. The molecule has 2 aromatic rings. The molecule has 0 saturated carbocycles. The molecule has 9 N–H and O–H groups in total. The van der Waals surface area contributed by atoms with Gasteiger partial charge < -0.3 is 36.2 Å². The first-order valence-electron chi connectivity index (χ1n) is 13.7. The molecular formula is C27H35N10O5+. The summed E-state index contributed by atoms with van der Waals surface area (Å²) in [6.07, 6.45) is 3.74. The number of nitrogens with one attached hydrogen (secondary N) is 3.